The SMILES string of the molecule is CCCCCCCC/C=C\CCCCCCCC(=O)OCCCCCCCCCCCCCCCCCCCCCCCCCCCCC(=O)O. The van der Waals surface area contributed by atoms with E-state index in [1.54, 1.807) is 0 Å². The smallest absolute Gasteiger partial charge is 0.305 e. The minimum atomic E-state index is -0.654. The molecule has 0 saturated heterocycles. The van der Waals surface area contributed by atoms with Crippen LogP contribution in [0.4, 0.5) is 0 Å². The molecule has 0 aromatic carbocycles. The molecule has 0 aromatic rings. The quantitative estimate of drug-likeness (QED) is 0.0387. The number of ether oxygens (including phenoxy) is 1. The van der Waals surface area contributed by atoms with E-state index in [-0.39, 0.29) is 5.97 Å². The zero-order valence-corrected chi connectivity index (χ0v) is 34.5. The van der Waals surface area contributed by atoms with Gasteiger partial charge < -0.3 is 9.84 Å². The fourth-order valence-electron chi connectivity index (χ4n) is 7.22. The summed E-state index contributed by atoms with van der Waals surface area (Å²) in [5, 5.41) is 8.65. The first-order valence-corrected chi connectivity index (χ1v) is 23.2. The molecule has 0 heterocycles. The van der Waals surface area contributed by atoms with E-state index in [2.05, 4.69) is 19.1 Å². The molecule has 0 unspecified atom stereocenters. The predicted octanol–water partition coefficient (Wildman–Crippen LogP) is 16.2. The summed E-state index contributed by atoms with van der Waals surface area (Å²) >= 11 is 0. The lowest BCUT2D eigenvalue weighted by atomic mass is 10.0. The van der Waals surface area contributed by atoms with Crippen molar-refractivity contribution in [3.05, 3.63) is 12.2 Å². The van der Waals surface area contributed by atoms with Crippen LogP contribution in [0.25, 0.3) is 0 Å². The molecule has 0 aliphatic rings. The number of carboxylic acids is 1. The number of carbonyl (C=O) groups is 2. The predicted molar refractivity (Wildman–Crippen MR) is 223 cm³/mol. The van der Waals surface area contributed by atoms with Crippen LogP contribution in [-0.4, -0.2) is 23.7 Å². The van der Waals surface area contributed by atoms with Gasteiger partial charge in [0.05, 0.1) is 6.61 Å². The Bertz CT molecular complexity index is 717. The second-order valence-corrected chi connectivity index (χ2v) is 15.9. The summed E-state index contributed by atoms with van der Waals surface area (Å²) in [7, 11) is 0. The van der Waals surface area contributed by atoms with Crippen LogP contribution in [0.3, 0.4) is 0 Å². The van der Waals surface area contributed by atoms with Gasteiger partial charge in [0.25, 0.3) is 0 Å². The van der Waals surface area contributed by atoms with Gasteiger partial charge in [0.2, 0.25) is 0 Å². The number of rotatable bonds is 44. The van der Waals surface area contributed by atoms with Gasteiger partial charge in [-0.25, -0.2) is 0 Å². The third-order valence-corrected chi connectivity index (χ3v) is 10.7. The largest absolute Gasteiger partial charge is 0.481 e. The molecule has 51 heavy (non-hydrogen) atoms. The Hall–Kier alpha value is -1.32. The normalized spacial score (nSPS) is 11.5. The number of unbranched alkanes of at least 4 members (excludes halogenated alkanes) is 36. The molecule has 4 heteroatoms. The molecule has 0 fully saturated rings. The molecule has 0 aliphatic heterocycles. The van der Waals surface area contributed by atoms with Crippen LogP contribution in [0.1, 0.15) is 270 Å². The van der Waals surface area contributed by atoms with E-state index in [4.69, 9.17) is 9.84 Å². The average Bonchev–Trinajstić information content (AvgIpc) is 3.12. The minimum absolute atomic E-state index is 0.0117. The molecule has 0 aliphatic carbocycles. The molecular formula is C47H90O4. The van der Waals surface area contributed by atoms with Crippen molar-refractivity contribution in [3.8, 4) is 0 Å². The van der Waals surface area contributed by atoms with Crippen molar-refractivity contribution in [1.29, 1.82) is 0 Å². The Balaban J connectivity index is 3.16. The molecule has 0 saturated carbocycles. The van der Waals surface area contributed by atoms with Gasteiger partial charge in [-0.1, -0.05) is 225 Å². The van der Waals surface area contributed by atoms with Crippen molar-refractivity contribution in [2.75, 3.05) is 6.61 Å². The number of allylic oxidation sites excluding steroid dienone is 2. The summed E-state index contributed by atoms with van der Waals surface area (Å²) in [6, 6.07) is 0. The lowest BCUT2D eigenvalue weighted by molar-refractivity contribution is -0.144. The highest BCUT2D eigenvalue weighted by molar-refractivity contribution is 5.69. The molecule has 0 bridgehead atoms. The average molecular weight is 719 g/mol. The van der Waals surface area contributed by atoms with Gasteiger partial charge in [-0.15, -0.1) is 0 Å². The van der Waals surface area contributed by atoms with E-state index in [0.29, 0.717) is 19.4 Å². The van der Waals surface area contributed by atoms with Gasteiger partial charge in [-0.2, -0.15) is 0 Å². The summed E-state index contributed by atoms with van der Waals surface area (Å²) in [5.41, 5.74) is 0. The molecule has 0 amide bonds. The van der Waals surface area contributed by atoms with Crippen molar-refractivity contribution in [1.82, 2.24) is 0 Å². The van der Waals surface area contributed by atoms with Crippen molar-refractivity contribution < 1.29 is 19.4 Å². The van der Waals surface area contributed by atoms with Crippen LogP contribution >= 0.6 is 0 Å². The highest BCUT2D eigenvalue weighted by Crippen LogP contribution is 2.17. The Morgan fingerprint density at radius 3 is 0.980 bits per heavy atom. The van der Waals surface area contributed by atoms with Crippen LogP contribution in [0, 0.1) is 0 Å². The van der Waals surface area contributed by atoms with E-state index in [1.165, 1.54) is 218 Å². The zero-order chi connectivity index (χ0) is 37.0. The summed E-state index contributed by atoms with van der Waals surface area (Å²) in [4.78, 5) is 22.5. The van der Waals surface area contributed by atoms with Gasteiger partial charge in [0.1, 0.15) is 0 Å². The first-order chi connectivity index (χ1) is 25.2. The van der Waals surface area contributed by atoms with Gasteiger partial charge in [0.15, 0.2) is 0 Å². The van der Waals surface area contributed by atoms with Gasteiger partial charge >= 0.3 is 11.9 Å². The first kappa shape index (κ1) is 49.7. The number of hydrogen-bond donors (Lipinski definition) is 1. The Morgan fingerprint density at radius 2 is 0.647 bits per heavy atom. The lowest BCUT2D eigenvalue weighted by Gasteiger charge is -2.06. The van der Waals surface area contributed by atoms with Gasteiger partial charge in [-0.05, 0) is 44.9 Å². The second-order valence-electron chi connectivity index (χ2n) is 15.9. The third kappa shape index (κ3) is 46.7. The molecule has 0 rings (SSSR count). The molecule has 0 radical (unpaired) electrons. The summed E-state index contributed by atoms with van der Waals surface area (Å²) < 4.78 is 5.46. The molecule has 0 aromatic heterocycles. The van der Waals surface area contributed by atoms with Gasteiger partial charge in [-0.3, -0.25) is 9.59 Å². The standard InChI is InChI=1S/C47H90O4/c1-2-3-4-5-6-7-8-9-22-26-29-32-35-38-41-44-47(50)51-45-42-39-36-33-30-27-24-21-19-17-15-13-11-10-12-14-16-18-20-23-25-28-31-34-37-40-43-46(48)49/h9,22H,2-8,10-21,23-45H2,1H3,(H,48,49)/b22-9-. The van der Waals surface area contributed by atoms with E-state index < -0.39 is 5.97 Å². The maximum absolute atomic E-state index is 12.0. The fourth-order valence-corrected chi connectivity index (χ4v) is 7.22. The van der Waals surface area contributed by atoms with E-state index in [1.807, 2.05) is 0 Å². The number of carbonyl (C=O) groups excluding carboxylic acids is 1. The third-order valence-electron chi connectivity index (χ3n) is 10.7. The molecule has 1 N–H and O–H groups in total. The van der Waals surface area contributed by atoms with Crippen molar-refractivity contribution >= 4 is 11.9 Å². The lowest BCUT2D eigenvalue weighted by Crippen LogP contribution is -2.05. The Morgan fingerprint density at radius 1 is 0.373 bits per heavy atom. The van der Waals surface area contributed by atoms with Crippen molar-refractivity contribution in [2.24, 2.45) is 0 Å². The Kier molecular flexibility index (Phi) is 43.7. The topological polar surface area (TPSA) is 63.6 Å². The highest BCUT2D eigenvalue weighted by Gasteiger charge is 2.03. The van der Waals surface area contributed by atoms with Crippen LogP contribution < -0.4 is 0 Å². The number of carboxylic acid groups (broad SMARTS) is 1. The summed E-state index contributed by atoms with van der Waals surface area (Å²) in [5.74, 6) is -0.643. The monoisotopic (exact) mass is 719 g/mol. The Labute approximate surface area is 319 Å². The second kappa shape index (κ2) is 44.8. The van der Waals surface area contributed by atoms with Crippen LogP contribution in [0.5, 0.6) is 0 Å². The maximum Gasteiger partial charge on any atom is 0.305 e. The van der Waals surface area contributed by atoms with E-state index in [9.17, 15) is 9.59 Å². The minimum Gasteiger partial charge on any atom is -0.481 e. The molecule has 4 nitrogen and oxygen atoms in total. The summed E-state index contributed by atoms with van der Waals surface area (Å²) in [6.45, 7) is 2.89. The fraction of sp³-hybridized carbons (Fsp3) is 0.915. The van der Waals surface area contributed by atoms with Crippen LogP contribution in [0.15, 0.2) is 12.2 Å². The number of hydrogen-bond acceptors (Lipinski definition) is 3. The highest BCUT2D eigenvalue weighted by atomic mass is 16.5. The van der Waals surface area contributed by atoms with E-state index in [0.717, 1.165) is 32.1 Å². The molecular weight excluding hydrogens is 629 g/mol. The molecule has 302 valence electrons. The number of esters is 1. The zero-order valence-electron chi connectivity index (χ0n) is 34.5. The van der Waals surface area contributed by atoms with Crippen molar-refractivity contribution in [3.63, 3.8) is 0 Å². The van der Waals surface area contributed by atoms with Crippen LogP contribution in [-0.2, 0) is 14.3 Å². The first-order valence-electron chi connectivity index (χ1n) is 23.2. The maximum atomic E-state index is 12.0. The van der Waals surface area contributed by atoms with Gasteiger partial charge in [0, 0.05) is 12.8 Å². The molecule has 0 spiro atoms. The van der Waals surface area contributed by atoms with Crippen molar-refractivity contribution in [2.45, 2.75) is 270 Å². The van der Waals surface area contributed by atoms with Crippen LogP contribution in [0.2, 0.25) is 0 Å². The summed E-state index contributed by atoms with van der Waals surface area (Å²) in [6.07, 6.45) is 57.0. The van der Waals surface area contributed by atoms with E-state index >= 15 is 0 Å². The molecule has 0 atom stereocenters. The number of aliphatic carboxylic acids is 1.